The second kappa shape index (κ2) is 13.9. The van der Waals surface area contributed by atoms with Gasteiger partial charge in [0.15, 0.2) is 0 Å². The lowest BCUT2D eigenvalue weighted by Crippen LogP contribution is -2.24. The van der Waals surface area contributed by atoms with Gasteiger partial charge in [-0.25, -0.2) is 0 Å². The highest BCUT2D eigenvalue weighted by atomic mass is 15.1. The zero-order valence-electron chi connectivity index (χ0n) is 33.0. The number of pyridine rings is 1. The molecule has 0 amide bonds. The van der Waals surface area contributed by atoms with E-state index in [0.717, 1.165) is 45.3 Å². The summed E-state index contributed by atoms with van der Waals surface area (Å²) in [7, 11) is 0. The molecule has 1 aliphatic rings. The second-order valence-corrected chi connectivity index (χ2v) is 16.0. The predicted molar refractivity (Wildman–Crippen MR) is 249 cm³/mol. The molecule has 0 N–H and O–H groups in total. The third-order valence-corrected chi connectivity index (χ3v) is 12.3. The van der Waals surface area contributed by atoms with Gasteiger partial charge in [-0.3, -0.25) is 4.98 Å². The Morgan fingerprint density at radius 1 is 0.373 bits per heavy atom. The summed E-state index contributed by atoms with van der Waals surface area (Å²) in [6.45, 7) is 4.79. The molecule has 0 aliphatic heterocycles. The van der Waals surface area contributed by atoms with E-state index in [1.807, 2.05) is 18.5 Å². The van der Waals surface area contributed by atoms with Gasteiger partial charge in [0.1, 0.15) is 0 Å². The van der Waals surface area contributed by atoms with E-state index in [9.17, 15) is 0 Å². The van der Waals surface area contributed by atoms with Crippen molar-refractivity contribution in [3.63, 3.8) is 0 Å². The van der Waals surface area contributed by atoms with Crippen molar-refractivity contribution < 1.29 is 0 Å². The summed E-state index contributed by atoms with van der Waals surface area (Å²) in [5, 5.41) is 7.56. The monoisotopic (exact) mass is 755 g/mol. The highest BCUT2D eigenvalue weighted by Gasteiger charge is 2.35. The molecule has 1 aromatic heterocycles. The van der Waals surface area contributed by atoms with Gasteiger partial charge in [0.05, 0.1) is 5.69 Å². The fourth-order valence-corrected chi connectivity index (χ4v) is 9.47. The average Bonchev–Trinajstić information content (AvgIpc) is 3.30. The first-order valence-corrected chi connectivity index (χ1v) is 20.4. The molecular formula is C56H41N3. The van der Waals surface area contributed by atoms with Crippen LogP contribution in [0.5, 0.6) is 0 Å². The van der Waals surface area contributed by atoms with Crippen LogP contribution >= 0.6 is 0 Å². The molecule has 9 aromatic carbocycles. The zero-order valence-corrected chi connectivity index (χ0v) is 33.0. The van der Waals surface area contributed by atoms with Gasteiger partial charge in [-0.15, -0.1) is 0 Å². The molecule has 0 saturated heterocycles. The molecule has 11 rings (SSSR count). The smallest absolute Gasteiger partial charge is 0.0546 e. The van der Waals surface area contributed by atoms with Gasteiger partial charge in [0.2, 0.25) is 0 Å². The van der Waals surface area contributed by atoms with Gasteiger partial charge in [-0.2, -0.15) is 0 Å². The van der Waals surface area contributed by atoms with Crippen molar-refractivity contribution in [2.75, 3.05) is 9.80 Å². The maximum Gasteiger partial charge on any atom is 0.0546 e. The maximum absolute atomic E-state index is 4.37. The van der Waals surface area contributed by atoms with Crippen molar-refractivity contribution in [3.8, 4) is 22.3 Å². The van der Waals surface area contributed by atoms with E-state index in [-0.39, 0.29) is 5.41 Å². The Morgan fingerprint density at radius 2 is 0.949 bits per heavy atom. The fraction of sp³-hybridized carbons (Fsp3) is 0.0536. The summed E-state index contributed by atoms with van der Waals surface area (Å²) in [6, 6.07) is 73.0. The Bertz CT molecular complexity index is 3120. The van der Waals surface area contributed by atoms with Crippen molar-refractivity contribution in [3.05, 3.63) is 224 Å². The number of aromatic nitrogens is 1. The van der Waals surface area contributed by atoms with Crippen LogP contribution in [0.15, 0.2) is 213 Å². The van der Waals surface area contributed by atoms with E-state index in [1.165, 1.54) is 54.6 Å². The minimum Gasteiger partial charge on any atom is -0.310 e. The van der Waals surface area contributed by atoms with E-state index in [2.05, 4.69) is 223 Å². The summed E-state index contributed by atoms with van der Waals surface area (Å²) in [5.74, 6) is 0. The molecule has 3 heteroatoms. The first-order chi connectivity index (χ1) is 29.0. The van der Waals surface area contributed by atoms with E-state index in [0.29, 0.717) is 0 Å². The molecular weight excluding hydrogens is 715 g/mol. The number of hydrogen-bond acceptors (Lipinski definition) is 3. The van der Waals surface area contributed by atoms with Crippen molar-refractivity contribution in [2.45, 2.75) is 19.3 Å². The van der Waals surface area contributed by atoms with Crippen LogP contribution in [-0.2, 0) is 5.41 Å². The van der Waals surface area contributed by atoms with Gasteiger partial charge in [-0.05, 0) is 139 Å². The summed E-state index contributed by atoms with van der Waals surface area (Å²) < 4.78 is 0. The Balaban J connectivity index is 1.14. The largest absolute Gasteiger partial charge is 0.310 e. The number of nitrogens with zero attached hydrogens (tertiary/aromatic N) is 3. The van der Waals surface area contributed by atoms with Crippen LogP contribution in [0.1, 0.15) is 25.0 Å². The molecule has 1 heterocycles. The van der Waals surface area contributed by atoms with Gasteiger partial charge in [0, 0.05) is 51.6 Å². The molecule has 0 saturated carbocycles. The Morgan fingerprint density at radius 3 is 1.61 bits per heavy atom. The topological polar surface area (TPSA) is 19.4 Å². The molecule has 1 aliphatic carbocycles. The summed E-state index contributed by atoms with van der Waals surface area (Å²) in [5.41, 5.74) is 14.0. The van der Waals surface area contributed by atoms with Crippen LogP contribution in [0.4, 0.5) is 34.1 Å². The SMILES string of the molecule is CC1(C)c2cc(N(c3ccccc3)c3ccccc3)ccc2-c2cc3c4ccccc4c(N(c4ccccc4)c4ccc(-c5cccnc5)cc4)cc3c3cccc1c23. The number of para-hydroxylation sites is 3. The quantitative estimate of drug-likeness (QED) is 0.151. The van der Waals surface area contributed by atoms with Crippen molar-refractivity contribution >= 4 is 66.4 Å². The van der Waals surface area contributed by atoms with Crippen molar-refractivity contribution in [2.24, 2.45) is 0 Å². The first kappa shape index (κ1) is 34.7. The fourth-order valence-electron chi connectivity index (χ4n) is 9.47. The maximum atomic E-state index is 4.37. The molecule has 3 nitrogen and oxygen atoms in total. The number of hydrogen-bond donors (Lipinski definition) is 0. The molecule has 0 radical (unpaired) electrons. The predicted octanol–water partition coefficient (Wildman–Crippen LogP) is 15.5. The van der Waals surface area contributed by atoms with E-state index in [4.69, 9.17) is 0 Å². The standard InChI is InChI=1S/C56H41N3/c1-56(2)52-26-14-25-48-50-36-54(59(42-21-10-5-11-22-42)43-29-27-38(28-30-43)39-16-15-33-57-37-39)47-24-13-12-23-45(47)49(50)35-51(55(48)52)46-32-31-44(34-53(46)56)58(40-17-6-3-7-18-40)41-19-8-4-9-20-41/h3-37H,1-2H3. The zero-order chi connectivity index (χ0) is 39.5. The minimum atomic E-state index is -0.254. The molecule has 0 unspecified atom stereocenters. The van der Waals surface area contributed by atoms with Gasteiger partial charge >= 0.3 is 0 Å². The summed E-state index contributed by atoms with van der Waals surface area (Å²) in [4.78, 5) is 9.15. The third kappa shape index (κ3) is 5.69. The molecule has 0 spiro atoms. The van der Waals surface area contributed by atoms with Crippen LogP contribution in [0.25, 0.3) is 54.6 Å². The lowest BCUT2D eigenvalue weighted by molar-refractivity contribution is 0.645. The lowest BCUT2D eigenvalue weighted by atomic mass is 9.68. The first-order valence-electron chi connectivity index (χ1n) is 20.4. The van der Waals surface area contributed by atoms with Crippen LogP contribution in [0.2, 0.25) is 0 Å². The van der Waals surface area contributed by atoms with Gasteiger partial charge < -0.3 is 9.80 Å². The third-order valence-electron chi connectivity index (χ3n) is 12.3. The Kier molecular flexibility index (Phi) is 8.16. The molecule has 0 bridgehead atoms. The van der Waals surface area contributed by atoms with Crippen LogP contribution < -0.4 is 9.80 Å². The second-order valence-electron chi connectivity index (χ2n) is 16.0. The summed E-state index contributed by atoms with van der Waals surface area (Å²) in [6.07, 6.45) is 3.74. The van der Waals surface area contributed by atoms with E-state index in [1.54, 1.807) is 0 Å². The molecule has 280 valence electrons. The number of benzene rings is 9. The molecule has 10 aromatic rings. The summed E-state index contributed by atoms with van der Waals surface area (Å²) >= 11 is 0. The number of rotatable bonds is 7. The van der Waals surface area contributed by atoms with Crippen LogP contribution in [0.3, 0.4) is 0 Å². The van der Waals surface area contributed by atoms with Crippen molar-refractivity contribution in [1.82, 2.24) is 4.98 Å². The Hall–Kier alpha value is -7.49. The van der Waals surface area contributed by atoms with Crippen LogP contribution in [-0.4, -0.2) is 4.98 Å². The van der Waals surface area contributed by atoms with Crippen molar-refractivity contribution in [1.29, 1.82) is 0 Å². The minimum absolute atomic E-state index is 0.254. The highest BCUT2D eigenvalue weighted by Crippen LogP contribution is 2.53. The number of anilines is 6. The molecule has 0 fully saturated rings. The van der Waals surface area contributed by atoms with E-state index >= 15 is 0 Å². The average molecular weight is 756 g/mol. The molecule has 0 atom stereocenters. The Labute approximate surface area is 345 Å². The molecule has 59 heavy (non-hydrogen) atoms. The van der Waals surface area contributed by atoms with Gasteiger partial charge in [0.25, 0.3) is 0 Å². The van der Waals surface area contributed by atoms with Crippen LogP contribution in [0, 0.1) is 0 Å². The number of fused-ring (bicyclic) bond motifs is 6. The highest BCUT2D eigenvalue weighted by molar-refractivity contribution is 6.25. The van der Waals surface area contributed by atoms with E-state index < -0.39 is 0 Å². The lowest BCUT2D eigenvalue weighted by Gasteiger charge is -2.37. The normalized spacial score (nSPS) is 12.7. The van der Waals surface area contributed by atoms with Gasteiger partial charge in [-0.1, -0.05) is 135 Å².